The number of nitrogens with zero attached hydrogens (tertiary/aromatic N) is 2. The molecule has 0 saturated carbocycles. The summed E-state index contributed by atoms with van der Waals surface area (Å²) in [5.41, 5.74) is 2.07. The molecule has 1 aromatic carbocycles. The molecule has 0 unspecified atom stereocenters. The van der Waals surface area contributed by atoms with Gasteiger partial charge in [-0.25, -0.2) is 0 Å². The average Bonchev–Trinajstić information content (AvgIpc) is 2.89. The predicted molar refractivity (Wildman–Crippen MR) is 82.3 cm³/mol. The summed E-state index contributed by atoms with van der Waals surface area (Å²) in [6, 6.07) is 8.20. The Bertz CT molecular complexity index is 458. The lowest BCUT2D eigenvalue weighted by Gasteiger charge is -2.22. The number of rotatable bonds is 2. The van der Waals surface area contributed by atoms with Crippen LogP contribution in [0.1, 0.15) is 48.9 Å². The number of benzene rings is 1. The largest absolute Gasteiger partial charge is 0.372 e. The van der Waals surface area contributed by atoms with Crippen LogP contribution in [-0.4, -0.2) is 37.0 Å². The molecule has 0 bridgehead atoms. The van der Waals surface area contributed by atoms with Crippen molar-refractivity contribution in [3.63, 3.8) is 0 Å². The molecule has 1 amide bonds. The van der Waals surface area contributed by atoms with Gasteiger partial charge in [-0.3, -0.25) is 4.79 Å². The first-order chi connectivity index (χ1) is 9.84. The number of hydrogen-bond acceptors (Lipinski definition) is 2. The van der Waals surface area contributed by atoms with E-state index in [9.17, 15) is 4.79 Å². The molecular weight excluding hydrogens is 248 g/mol. The summed E-state index contributed by atoms with van der Waals surface area (Å²) in [4.78, 5) is 17.1. The van der Waals surface area contributed by atoms with Crippen molar-refractivity contribution in [1.82, 2.24) is 4.90 Å². The fourth-order valence-electron chi connectivity index (χ4n) is 3.27. The Balaban J connectivity index is 1.75. The van der Waals surface area contributed by atoms with Gasteiger partial charge >= 0.3 is 0 Å². The molecule has 2 heterocycles. The van der Waals surface area contributed by atoms with E-state index in [4.69, 9.17) is 0 Å². The van der Waals surface area contributed by atoms with Crippen LogP contribution in [0.5, 0.6) is 0 Å². The molecule has 0 spiro atoms. The molecule has 2 fully saturated rings. The van der Waals surface area contributed by atoms with Gasteiger partial charge in [0.15, 0.2) is 0 Å². The topological polar surface area (TPSA) is 23.6 Å². The molecule has 2 aliphatic rings. The molecular formula is C17H24N2O. The van der Waals surface area contributed by atoms with E-state index in [0.29, 0.717) is 0 Å². The molecule has 108 valence electrons. The number of anilines is 1. The van der Waals surface area contributed by atoms with Gasteiger partial charge in [0.05, 0.1) is 0 Å². The summed E-state index contributed by atoms with van der Waals surface area (Å²) in [7, 11) is 0. The van der Waals surface area contributed by atoms with E-state index >= 15 is 0 Å². The maximum Gasteiger partial charge on any atom is 0.253 e. The third-order valence-corrected chi connectivity index (χ3v) is 4.46. The summed E-state index contributed by atoms with van der Waals surface area (Å²) in [6.07, 6.45) is 7.36. The summed E-state index contributed by atoms with van der Waals surface area (Å²) in [5.74, 6) is 0.216. The monoisotopic (exact) mass is 272 g/mol. The predicted octanol–water partition coefficient (Wildman–Crippen LogP) is 3.30. The lowest BCUT2D eigenvalue weighted by atomic mass is 10.1. The van der Waals surface area contributed by atoms with Gasteiger partial charge in [-0.15, -0.1) is 0 Å². The molecule has 3 rings (SSSR count). The van der Waals surface area contributed by atoms with E-state index in [2.05, 4.69) is 17.0 Å². The van der Waals surface area contributed by atoms with E-state index in [1.54, 1.807) is 0 Å². The van der Waals surface area contributed by atoms with E-state index < -0.39 is 0 Å². The van der Waals surface area contributed by atoms with Crippen LogP contribution >= 0.6 is 0 Å². The summed E-state index contributed by atoms with van der Waals surface area (Å²) < 4.78 is 0. The van der Waals surface area contributed by atoms with E-state index in [1.807, 2.05) is 17.0 Å². The zero-order valence-corrected chi connectivity index (χ0v) is 12.2. The third-order valence-electron chi connectivity index (χ3n) is 4.46. The van der Waals surface area contributed by atoms with Crippen molar-refractivity contribution in [2.45, 2.75) is 38.5 Å². The number of carbonyl (C=O) groups is 1. The molecule has 3 heteroatoms. The fourth-order valence-corrected chi connectivity index (χ4v) is 3.27. The highest BCUT2D eigenvalue weighted by molar-refractivity contribution is 5.95. The lowest BCUT2D eigenvalue weighted by molar-refractivity contribution is 0.0761. The molecule has 0 atom stereocenters. The maximum absolute atomic E-state index is 12.6. The number of hydrogen-bond donors (Lipinski definition) is 0. The van der Waals surface area contributed by atoms with Gasteiger partial charge in [0.2, 0.25) is 0 Å². The molecule has 0 aliphatic carbocycles. The van der Waals surface area contributed by atoms with Crippen LogP contribution in [0, 0.1) is 0 Å². The smallest absolute Gasteiger partial charge is 0.253 e. The zero-order chi connectivity index (χ0) is 13.8. The summed E-state index contributed by atoms with van der Waals surface area (Å²) >= 11 is 0. The maximum atomic E-state index is 12.6. The van der Waals surface area contributed by atoms with Crippen LogP contribution in [0.3, 0.4) is 0 Å². The first-order valence-corrected chi connectivity index (χ1v) is 7.99. The van der Waals surface area contributed by atoms with E-state index in [-0.39, 0.29) is 5.91 Å². The lowest BCUT2D eigenvalue weighted by Crippen LogP contribution is -2.32. The summed E-state index contributed by atoms with van der Waals surface area (Å²) in [6.45, 7) is 4.10. The number of likely N-dealkylation sites (tertiary alicyclic amines) is 1. The van der Waals surface area contributed by atoms with Crippen LogP contribution < -0.4 is 4.90 Å². The van der Waals surface area contributed by atoms with Crippen molar-refractivity contribution in [2.24, 2.45) is 0 Å². The van der Waals surface area contributed by atoms with Gasteiger partial charge in [-0.05, 0) is 43.9 Å². The van der Waals surface area contributed by atoms with Gasteiger partial charge in [-0.2, -0.15) is 0 Å². The van der Waals surface area contributed by atoms with Gasteiger partial charge in [0.1, 0.15) is 0 Å². The minimum atomic E-state index is 0.216. The van der Waals surface area contributed by atoms with Crippen molar-refractivity contribution in [3.05, 3.63) is 29.8 Å². The van der Waals surface area contributed by atoms with Crippen molar-refractivity contribution in [2.75, 3.05) is 31.1 Å². The van der Waals surface area contributed by atoms with Crippen molar-refractivity contribution >= 4 is 11.6 Å². The summed E-state index contributed by atoms with van der Waals surface area (Å²) in [5, 5.41) is 0. The second kappa shape index (κ2) is 6.29. The Morgan fingerprint density at radius 3 is 2.20 bits per heavy atom. The molecule has 20 heavy (non-hydrogen) atoms. The quantitative estimate of drug-likeness (QED) is 0.824. The van der Waals surface area contributed by atoms with Crippen LogP contribution in [0.15, 0.2) is 24.3 Å². The second-order valence-electron chi connectivity index (χ2n) is 5.95. The van der Waals surface area contributed by atoms with Crippen LogP contribution in [0.4, 0.5) is 5.69 Å². The van der Waals surface area contributed by atoms with Gasteiger partial charge in [0, 0.05) is 37.4 Å². The van der Waals surface area contributed by atoms with Crippen molar-refractivity contribution in [3.8, 4) is 0 Å². The highest BCUT2D eigenvalue weighted by Crippen LogP contribution is 2.22. The van der Waals surface area contributed by atoms with Gasteiger partial charge in [0.25, 0.3) is 5.91 Å². The average molecular weight is 272 g/mol. The second-order valence-corrected chi connectivity index (χ2v) is 5.95. The Labute approximate surface area is 121 Å². The highest BCUT2D eigenvalue weighted by Gasteiger charge is 2.19. The minimum Gasteiger partial charge on any atom is -0.372 e. The van der Waals surface area contributed by atoms with Gasteiger partial charge in [-0.1, -0.05) is 18.9 Å². The van der Waals surface area contributed by atoms with Crippen LogP contribution in [0.25, 0.3) is 0 Å². The highest BCUT2D eigenvalue weighted by atomic mass is 16.2. The van der Waals surface area contributed by atoms with Crippen LogP contribution in [0.2, 0.25) is 0 Å². The molecule has 1 aromatic rings. The molecule has 0 aromatic heterocycles. The standard InChI is InChI=1S/C17H24N2O/c20-17(19-12-3-1-2-4-13-19)15-8-7-9-16(14-15)18-10-5-6-11-18/h7-9,14H,1-6,10-13H2. The first kappa shape index (κ1) is 13.5. The SMILES string of the molecule is O=C(c1cccc(N2CCCC2)c1)N1CCCCCC1. The molecule has 2 saturated heterocycles. The molecule has 0 N–H and O–H groups in total. The van der Waals surface area contributed by atoms with E-state index in [1.165, 1.54) is 31.4 Å². The van der Waals surface area contributed by atoms with Crippen LogP contribution in [-0.2, 0) is 0 Å². The minimum absolute atomic E-state index is 0.216. The van der Waals surface area contributed by atoms with Crippen molar-refractivity contribution in [1.29, 1.82) is 0 Å². The van der Waals surface area contributed by atoms with Crippen molar-refractivity contribution < 1.29 is 4.79 Å². The molecule has 3 nitrogen and oxygen atoms in total. The Morgan fingerprint density at radius 1 is 0.850 bits per heavy atom. The normalized spacial score (nSPS) is 20.0. The number of carbonyl (C=O) groups excluding carboxylic acids is 1. The molecule has 2 aliphatic heterocycles. The fraction of sp³-hybridized carbons (Fsp3) is 0.588. The van der Waals surface area contributed by atoms with E-state index in [0.717, 1.165) is 44.6 Å². The van der Waals surface area contributed by atoms with Gasteiger partial charge < -0.3 is 9.80 Å². The zero-order valence-electron chi connectivity index (χ0n) is 12.2. The molecule has 0 radical (unpaired) electrons. The first-order valence-electron chi connectivity index (χ1n) is 7.99. The number of amides is 1. The Kier molecular flexibility index (Phi) is 4.24. The Morgan fingerprint density at radius 2 is 1.50 bits per heavy atom. The Hall–Kier alpha value is -1.51. The third kappa shape index (κ3) is 2.97.